The molecule has 0 aliphatic rings. The molecule has 0 unspecified atom stereocenters. The molecule has 0 atom stereocenters. The molecule has 0 aliphatic heterocycles. The Balaban J connectivity index is 3.01. The van der Waals surface area contributed by atoms with Crippen molar-refractivity contribution < 1.29 is 13.6 Å². The summed E-state index contributed by atoms with van der Waals surface area (Å²) < 4.78 is 27.4. The van der Waals surface area contributed by atoms with Crippen LogP contribution in [0.4, 0.5) is 14.5 Å². The van der Waals surface area contributed by atoms with Crippen molar-refractivity contribution in [3.8, 4) is 0 Å². The summed E-state index contributed by atoms with van der Waals surface area (Å²) in [6.07, 6.45) is 0.664. The fourth-order valence-corrected chi connectivity index (χ4v) is 2.52. The van der Waals surface area contributed by atoms with Gasteiger partial charge >= 0.3 is 0 Å². The third-order valence-corrected chi connectivity index (χ3v) is 2.77. The third-order valence-electron chi connectivity index (χ3n) is 2.77. The fourth-order valence-electron chi connectivity index (χ4n) is 2.52. The lowest BCUT2D eigenvalue weighted by molar-refractivity contribution is 0.0883. The molecule has 0 heterocycles. The Bertz CT molecular complexity index is 519. The lowest BCUT2D eigenvalue weighted by atomic mass is 9.81. The van der Waals surface area contributed by atoms with E-state index in [4.69, 9.17) is 5.73 Å². The summed E-state index contributed by atoms with van der Waals surface area (Å²) >= 11 is 0. The minimum atomic E-state index is -1.02. The van der Waals surface area contributed by atoms with E-state index in [1.54, 1.807) is 0 Å². The first-order chi connectivity index (χ1) is 8.93. The number of rotatable bonds is 3. The molecule has 0 saturated carbocycles. The summed E-state index contributed by atoms with van der Waals surface area (Å²) in [7, 11) is 0. The van der Waals surface area contributed by atoms with Crippen LogP contribution in [0, 0.1) is 17.0 Å². The van der Waals surface area contributed by atoms with Gasteiger partial charge in [0.15, 0.2) is 5.82 Å². The van der Waals surface area contributed by atoms with Gasteiger partial charge in [-0.25, -0.2) is 8.78 Å². The smallest absolute Gasteiger partial charge is 0.257 e. The average Bonchev–Trinajstić information content (AvgIpc) is 2.19. The normalized spacial score (nSPS) is 12.3. The summed E-state index contributed by atoms with van der Waals surface area (Å²) in [4.78, 5) is 12.1. The topological polar surface area (TPSA) is 55.1 Å². The van der Waals surface area contributed by atoms with Crippen molar-refractivity contribution in [1.82, 2.24) is 5.32 Å². The molecule has 0 aliphatic carbocycles. The number of nitrogens with two attached hydrogens (primary N) is 1. The summed E-state index contributed by atoms with van der Waals surface area (Å²) in [6.45, 7) is 9.73. The van der Waals surface area contributed by atoms with Crippen molar-refractivity contribution in [1.29, 1.82) is 0 Å². The van der Waals surface area contributed by atoms with Gasteiger partial charge in [-0.1, -0.05) is 20.8 Å². The molecule has 1 aromatic rings. The van der Waals surface area contributed by atoms with Crippen LogP contribution in [0.3, 0.4) is 0 Å². The van der Waals surface area contributed by atoms with Crippen molar-refractivity contribution >= 4 is 11.6 Å². The van der Waals surface area contributed by atoms with Gasteiger partial charge in [-0.2, -0.15) is 0 Å². The Labute approximate surface area is 118 Å². The van der Waals surface area contributed by atoms with E-state index in [-0.39, 0.29) is 11.1 Å². The summed E-state index contributed by atoms with van der Waals surface area (Å²) in [5.74, 6) is -2.73. The first-order valence-electron chi connectivity index (χ1n) is 6.49. The Hall–Kier alpha value is -1.65. The zero-order valence-corrected chi connectivity index (χ0v) is 12.6. The number of halogens is 2. The number of benzene rings is 1. The van der Waals surface area contributed by atoms with Crippen molar-refractivity contribution in [2.24, 2.45) is 5.41 Å². The molecular formula is C15H22F2N2O. The molecule has 0 radical (unpaired) electrons. The maximum atomic E-state index is 13.8. The lowest BCUT2D eigenvalue weighted by Crippen LogP contribution is -2.46. The van der Waals surface area contributed by atoms with Gasteiger partial charge in [-0.15, -0.1) is 0 Å². The predicted octanol–water partition coefficient (Wildman–Crippen LogP) is 3.49. The van der Waals surface area contributed by atoms with Crippen LogP contribution in [0.1, 0.15) is 51.4 Å². The van der Waals surface area contributed by atoms with Gasteiger partial charge < -0.3 is 11.1 Å². The van der Waals surface area contributed by atoms with E-state index in [0.29, 0.717) is 6.42 Å². The quantitative estimate of drug-likeness (QED) is 0.835. The first kappa shape index (κ1) is 16.4. The molecule has 3 N–H and O–H groups in total. The van der Waals surface area contributed by atoms with Crippen LogP contribution in [0.25, 0.3) is 0 Å². The second-order valence-electron chi connectivity index (χ2n) is 6.90. The molecular weight excluding hydrogens is 262 g/mol. The highest BCUT2D eigenvalue weighted by Gasteiger charge is 2.29. The summed E-state index contributed by atoms with van der Waals surface area (Å²) in [6, 6.07) is 2.09. The highest BCUT2D eigenvalue weighted by Crippen LogP contribution is 2.27. The van der Waals surface area contributed by atoms with Crippen LogP contribution in [-0.4, -0.2) is 11.4 Å². The zero-order valence-electron chi connectivity index (χ0n) is 12.6. The molecule has 112 valence electrons. The molecule has 1 amide bonds. The van der Waals surface area contributed by atoms with Gasteiger partial charge in [-0.05, 0) is 37.8 Å². The van der Waals surface area contributed by atoms with Crippen molar-refractivity contribution in [3.63, 3.8) is 0 Å². The fraction of sp³-hybridized carbons (Fsp3) is 0.533. The first-order valence-corrected chi connectivity index (χ1v) is 6.49. The predicted molar refractivity (Wildman–Crippen MR) is 76.4 cm³/mol. The third kappa shape index (κ3) is 4.18. The number of carbonyl (C=O) groups excluding carboxylic acids is 1. The molecule has 0 bridgehead atoms. The minimum Gasteiger partial charge on any atom is -0.396 e. The standard InChI is InChI=1S/C15H22F2N2O/c1-14(2,3)8-15(4,5)19-13(20)11-9(16)6-7-10(18)12(11)17/h6-7H,8,18H2,1-5H3,(H,19,20). The minimum absolute atomic E-state index is 0.0242. The van der Waals surface area contributed by atoms with Crippen LogP contribution in [0.2, 0.25) is 0 Å². The van der Waals surface area contributed by atoms with Crippen molar-refractivity contribution in [2.45, 2.75) is 46.6 Å². The van der Waals surface area contributed by atoms with Gasteiger partial charge in [-0.3, -0.25) is 4.79 Å². The Morgan fingerprint density at radius 2 is 1.75 bits per heavy atom. The number of amides is 1. The van der Waals surface area contributed by atoms with E-state index in [0.717, 1.165) is 12.1 Å². The van der Waals surface area contributed by atoms with E-state index >= 15 is 0 Å². The Morgan fingerprint density at radius 1 is 1.20 bits per heavy atom. The molecule has 0 aromatic heterocycles. The van der Waals surface area contributed by atoms with Crippen LogP contribution >= 0.6 is 0 Å². The highest BCUT2D eigenvalue weighted by molar-refractivity contribution is 5.96. The van der Waals surface area contributed by atoms with Gasteiger partial charge in [0.2, 0.25) is 0 Å². The second-order valence-corrected chi connectivity index (χ2v) is 6.90. The molecule has 0 spiro atoms. The van der Waals surface area contributed by atoms with Crippen LogP contribution in [-0.2, 0) is 0 Å². The Morgan fingerprint density at radius 3 is 2.25 bits per heavy atom. The number of nitrogen functional groups attached to an aromatic ring is 1. The lowest BCUT2D eigenvalue weighted by Gasteiger charge is -2.33. The van der Waals surface area contributed by atoms with E-state index < -0.39 is 28.6 Å². The highest BCUT2D eigenvalue weighted by atomic mass is 19.1. The maximum absolute atomic E-state index is 13.8. The van der Waals surface area contributed by atoms with Gasteiger partial charge in [0, 0.05) is 5.54 Å². The SMILES string of the molecule is CC(C)(C)CC(C)(C)NC(=O)c1c(F)ccc(N)c1F. The summed E-state index contributed by atoms with van der Waals surface area (Å²) in [5, 5.41) is 2.66. The van der Waals surface area contributed by atoms with E-state index in [1.807, 2.05) is 34.6 Å². The van der Waals surface area contributed by atoms with E-state index in [1.165, 1.54) is 0 Å². The molecule has 0 saturated heterocycles. The van der Waals surface area contributed by atoms with Crippen molar-refractivity contribution in [3.05, 3.63) is 29.3 Å². The Kier molecular flexibility index (Phi) is 4.42. The molecule has 0 fully saturated rings. The number of hydrogen-bond acceptors (Lipinski definition) is 2. The monoisotopic (exact) mass is 284 g/mol. The second kappa shape index (κ2) is 5.38. The molecule has 1 aromatic carbocycles. The molecule has 5 heteroatoms. The molecule has 3 nitrogen and oxygen atoms in total. The average molecular weight is 284 g/mol. The zero-order chi connectivity index (χ0) is 15.7. The molecule has 20 heavy (non-hydrogen) atoms. The van der Waals surface area contributed by atoms with Gasteiger partial charge in [0.05, 0.1) is 5.69 Å². The van der Waals surface area contributed by atoms with Gasteiger partial charge in [0.1, 0.15) is 11.4 Å². The maximum Gasteiger partial charge on any atom is 0.257 e. The van der Waals surface area contributed by atoms with Crippen LogP contribution < -0.4 is 11.1 Å². The van der Waals surface area contributed by atoms with Crippen molar-refractivity contribution in [2.75, 3.05) is 5.73 Å². The van der Waals surface area contributed by atoms with E-state index in [9.17, 15) is 13.6 Å². The molecule has 1 rings (SSSR count). The summed E-state index contributed by atoms with van der Waals surface area (Å²) in [5.41, 5.74) is 3.88. The van der Waals surface area contributed by atoms with Crippen LogP contribution in [0.15, 0.2) is 12.1 Å². The number of nitrogens with one attached hydrogen (secondary N) is 1. The van der Waals surface area contributed by atoms with Crippen LogP contribution in [0.5, 0.6) is 0 Å². The van der Waals surface area contributed by atoms with Gasteiger partial charge in [0.25, 0.3) is 5.91 Å². The number of carbonyl (C=O) groups is 1. The number of anilines is 1. The van der Waals surface area contributed by atoms with E-state index in [2.05, 4.69) is 5.32 Å². The number of hydrogen-bond donors (Lipinski definition) is 2. The largest absolute Gasteiger partial charge is 0.396 e.